The van der Waals surface area contributed by atoms with Crippen LogP contribution in [0.2, 0.25) is 0 Å². The van der Waals surface area contributed by atoms with Crippen molar-refractivity contribution >= 4 is 17.7 Å². The Balaban J connectivity index is 2.02. The van der Waals surface area contributed by atoms with Crippen LogP contribution in [0.4, 0.5) is 10.5 Å². The quantitative estimate of drug-likeness (QED) is 0.752. The van der Waals surface area contributed by atoms with Gasteiger partial charge < -0.3 is 20.1 Å². The molecule has 0 radical (unpaired) electrons. The van der Waals surface area contributed by atoms with E-state index in [0.717, 1.165) is 11.3 Å². The third-order valence-corrected chi connectivity index (χ3v) is 3.61. The number of carbonyl (C=O) groups excluding carboxylic acids is 2. The van der Waals surface area contributed by atoms with Crippen LogP contribution in [-0.2, 0) is 9.53 Å². The van der Waals surface area contributed by atoms with Gasteiger partial charge in [0.05, 0.1) is 25.7 Å². The molecule has 0 saturated carbocycles. The maximum atomic E-state index is 12.4. The maximum Gasteiger partial charge on any atom is 0.407 e. The largest absolute Gasteiger partial charge is 0.494 e. The summed E-state index contributed by atoms with van der Waals surface area (Å²) in [6.07, 6.45) is -0.453. The predicted octanol–water partition coefficient (Wildman–Crippen LogP) is 3.90. The highest BCUT2D eigenvalue weighted by Crippen LogP contribution is 2.19. The number of anilines is 1. The first-order valence-corrected chi connectivity index (χ1v) is 8.63. The van der Waals surface area contributed by atoms with Crippen LogP contribution in [0.5, 0.6) is 5.75 Å². The Hall–Kier alpha value is -3.02. The molecular weight excluding hydrogens is 332 g/mol. The molecule has 26 heavy (non-hydrogen) atoms. The topological polar surface area (TPSA) is 76.7 Å². The fourth-order valence-corrected chi connectivity index (χ4v) is 2.45. The molecule has 0 aliphatic rings. The molecule has 0 aromatic heterocycles. The summed E-state index contributed by atoms with van der Waals surface area (Å²) >= 11 is 0. The Bertz CT molecular complexity index is 702. The van der Waals surface area contributed by atoms with Crippen LogP contribution >= 0.6 is 0 Å². The van der Waals surface area contributed by atoms with Crippen LogP contribution < -0.4 is 15.4 Å². The zero-order valence-electron chi connectivity index (χ0n) is 15.0. The zero-order valence-corrected chi connectivity index (χ0v) is 15.0. The molecule has 0 aliphatic heterocycles. The molecule has 138 valence electrons. The molecule has 0 fully saturated rings. The van der Waals surface area contributed by atoms with E-state index in [9.17, 15) is 9.59 Å². The monoisotopic (exact) mass is 356 g/mol. The van der Waals surface area contributed by atoms with E-state index in [2.05, 4.69) is 10.6 Å². The molecule has 2 N–H and O–H groups in total. The lowest BCUT2D eigenvalue weighted by Gasteiger charge is -2.18. The van der Waals surface area contributed by atoms with Crippen LogP contribution in [0, 0.1) is 0 Å². The van der Waals surface area contributed by atoms with Gasteiger partial charge in [0, 0.05) is 5.69 Å². The van der Waals surface area contributed by atoms with Gasteiger partial charge in [-0.15, -0.1) is 0 Å². The minimum absolute atomic E-state index is 0.0933. The van der Waals surface area contributed by atoms with Gasteiger partial charge in [0.15, 0.2) is 0 Å². The van der Waals surface area contributed by atoms with Gasteiger partial charge in [0.25, 0.3) is 0 Å². The molecule has 2 aromatic rings. The van der Waals surface area contributed by atoms with Crippen molar-refractivity contribution in [2.75, 3.05) is 18.5 Å². The van der Waals surface area contributed by atoms with Gasteiger partial charge in [0.2, 0.25) is 5.91 Å². The molecule has 2 aromatic carbocycles. The average Bonchev–Trinajstić information content (AvgIpc) is 2.64. The molecule has 2 rings (SSSR count). The van der Waals surface area contributed by atoms with Crippen LogP contribution in [0.3, 0.4) is 0 Å². The number of ether oxygens (including phenoxy) is 2. The van der Waals surface area contributed by atoms with Gasteiger partial charge in [-0.1, -0.05) is 30.3 Å². The first kappa shape index (κ1) is 19.3. The summed E-state index contributed by atoms with van der Waals surface area (Å²) in [7, 11) is 0. The second kappa shape index (κ2) is 10.1. The summed E-state index contributed by atoms with van der Waals surface area (Å²) in [5, 5.41) is 5.56. The van der Waals surface area contributed by atoms with Gasteiger partial charge >= 0.3 is 6.09 Å². The Morgan fingerprint density at radius 2 is 1.65 bits per heavy atom. The van der Waals surface area contributed by atoms with E-state index < -0.39 is 12.1 Å². The number of rotatable bonds is 8. The van der Waals surface area contributed by atoms with Crippen molar-refractivity contribution in [3.8, 4) is 5.75 Å². The number of hydrogen-bond donors (Lipinski definition) is 2. The number of carbonyl (C=O) groups is 2. The lowest BCUT2D eigenvalue weighted by molar-refractivity contribution is -0.116. The average molecular weight is 356 g/mol. The summed E-state index contributed by atoms with van der Waals surface area (Å²) in [6.45, 7) is 4.50. The Labute approximate surface area is 153 Å². The van der Waals surface area contributed by atoms with E-state index in [0.29, 0.717) is 12.3 Å². The van der Waals surface area contributed by atoms with Crippen molar-refractivity contribution in [1.82, 2.24) is 5.32 Å². The van der Waals surface area contributed by atoms with E-state index in [1.807, 2.05) is 37.3 Å². The molecular formula is C20H24N2O4. The van der Waals surface area contributed by atoms with Gasteiger partial charge in [-0.05, 0) is 43.7 Å². The summed E-state index contributed by atoms with van der Waals surface area (Å²) in [4.78, 5) is 24.2. The molecule has 0 heterocycles. The molecule has 0 aliphatic carbocycles. The van der Waals surface area contributed by atoms with E-state index in [1.54, 1.807) is 31.2 Å². The third kappa shape index (κ3) is 6.12. The minimum atomic E-state index is -0.546. The summed E-state index contributed by atoms with van der Waals surface area (Å²) in [5.41, 5.74) is 1.50. The summed E-state index contributed by atoms with van der Waals surface area (Å²) in [5.74, 6) is 0.538. The molecule has 0 bridgehead atoms. The molecule has 2 amide bonds. The Kier molecular flexibility index (Phi) is 7.49. The van der Waals surface area contributed by atoms with Crippen LogP contribution in [0.25, 0.3) is 0 Å². The number of benzene rings is 2. The van der Waals surface area contributed by atoms with E-state index in [-0.39, 0.29) is 18.9 Å². The molecule has 6 nitrogen and oxygen atoms in total. The molecule has 1 atom stereocenters. The highest BCUT2D eigenvalue weighted by Gasteiger charge is 2.19. The number of amides is 2. The lowest BCUT2D eigenvalue weighted by atomic mass is 10.0. The summed E-state index contributed by atoms with van der Waals surface area (Å²) < 4.78 is 10.3. The molecule has 6 heteroatoms. The molecule has 0 saturated heterocycles. The molecule has 1 unspecified atom stereocenters. The first-order chi connectivity index (χ1) is 12.6. The van der Waals surface area contributed by atoms with Crippen molar-refractivity contribution in [1.29, 1.82) is 0 Å². The van der Waals surface area contributed by atoms with Crippen molar-refractivity contribution in [2.45, 2.75) is 26.3 Å². The predicted molar refractivity (Wildman–Crippen MR) is 100 cm³/mol. The highest BCUT2D eigenvalue weighted by molar-refractivity contribution is 5.91. The number of alkyl carbamates (subject to hydrolysis) is 1. The smallest absolute Gasteiger partial charge is 0.407 e. The van der Waals surface area contributed by atoms with Crippen LogP contribution in [-0.4, -0.2) is 25.2 Å². The Morgan fingerprint density at radius 3 is 2.27 bits per heavy atom. The SMILES string of the molecule is CCOC(=O)NC(CC(=O)Nc1ccc(OCC)cc1)c1ccccc1. The first-order valence-electron chi connectivity index (χ1n) is 8.63. The second-order valence-electron chi connectivity index (χ2n) is 5.54. The third-order valence-electron chi connectivity index (χ3n) is 3.61. The summed E-state index contributed by atoms with van der Waals surface area (Å²) in [6, 6.07) is 16.0. The fourth-order valence-electron chi connectivity index (χ4n) is 2.45. The fraction of sp³-hybridized carbons (Fsp3) is 0.300. The zero-order chi connectivity index (χ0) is 18.8. The highest BCUT2D eigenvalue weighted by atomic mass is 16.5. The van der Waals surface area contributed by atoms with Gasteiger partial charge in [-0.25, -0.2) is 4.79 Å². The maximum absolute atomic E-state index is 12.4. The minimum Gasteiger partial charge on any atom is -0.494 e. The Morgan fingerprint density at radius 1 is 0.962 bits per heavy atom. The van der Waals surface area contributed by atoms with Gasteiger partial charge in [0.1, 0.15) is 5.75 Å². The van der Waals surface area contributed by atoms with Crippen molar-refractivity contribution in [3.63, 3.8) is 0 Å². The van der Waals surface area contributed by atoms with E-state index in [1.165, 1.54) is 0 Å². The van der Waals surface area contributed by atoms with Crippen molar-refractivity contribution in [2.24, 2.45) is 0 Å². The molecule has 0 spiro atoms. The number of hydrogen-bond acceptors (Lipinski definition) is 4. The second-order valence-corrected chi connectivity index (χ2v) is 5.54. The standard InChI is InChI=1S/C20H24N2O4/c1-3-25-17-12-10-16(11-13-17)21-19(23)14-18(22-20(24)26-4-2)15-8-6-5-7-9-15/h5-13,18H,3-4,14H2,1-2H3,(H,21,23)(H,22,24). The van der Waals surface area contributed by atoms with Crippen LogP contribution in [0.1, 0.15) is 31.9 Å². The van der Waals surface area contributed by atoms with Crippen LogP contribution in [0.15, 0.2) is 54.6 Å². The van der Waals surface area contributed by atoms with Gasteiger partial charge in [-0.3, -0.25) is 4.79 Å². The van der Waals surface area contributed by atoms with E-state index >= 15 is 0 Å². The van der Waals surface area contributed by atoms with Gasteiger partial charge in [-0.2, -0.15) is 0 Å². The lowest BCUT2D eigenvalue weighted by Crippen LogP contribution is -2.32. The normalized spacial score (nSPS) is 11.3. The number of nitrogens with one attached hydrogen (secondary N) is 2. The van der Waals surface area contributed by atoms with Crippen molar-refractivity contribution < 1.29 is 19.1 Å². The van der Waals surface area contributed by atoms with E-state index in [4.69, 9.17) is 9.47 Å². The van der Waals surface area contributed by atoms with Crippen molar-refractivity contribution in [3.05, 3.63) is 60.2 Å².